The highest BCUT2D eigenvalue weighted by atomic mass is 35.5. The maximum Gasteiger partial charge on any atom is 0.225 e. The molecule has 0 spiro atoms. The fourth-order valence-corrected chi connectivity index (χ4v) is 3.88. The predicted octanol–water partition coefficient (Wildman–Crippen LogP) is 3.68. The van der Waals surface area contributed by atoms with Crippen LogP contribution in [0.2, 0.25) is 0 Å². The quantitative estimate of drug-likeness (QED) is 0.791. The molecule has 0 radical (unpaired) electrons. The third-order valence-corrected chi connectivity index (χ3v) is 5.00. The average molecular weight is 280 g/mol. The van der Waals surface area contributed by atoms with Gasteiger partial charge in [0.05, 0.1) is 5.88 Å². The summed E-state index contributed by atoms with van der Waals surface area (Å²) >= 11 is 5.88. The Kier molecular flexibility index (Phi) is 3.92. The van der Waals surface area contributed by atoms with Crippen LogP contribution in [0.4, 0.5) is 5.95 Å². The van der Waals surface area contributed by atoms with E-state index < -0.39 is 0 Å². The number of halogens is 1. The van der Waals surface area contributed by atoms with Crippen molar-refractivity contribution in [2.75, 3.05) is 11.4 Å². The van der Waals surface area contributed by atoms with Crippen molar-refractivity contribution in [3.63, 3.8) is 0 Å². The lowest BCUT2D eigenvalue weighted by Crippen LogP contribution is -2.36. The lowest BCUT2D eigenvalue weighted by molar-refractivity contribution is 0.427. The summed E-state index contributed by atoms with van der Waals surface area (Å²) in [6.45, 7) is 3.14. The third kappa shape index (κ3) is 2.58. The zero-order valence-electron chi connectivity index (χ0n) is 11.6. The lowest BCUT2D eigenvalue weighted by atomic mass is 9.96. The molecular formula is C15H22ClN3. The molecule has 0 N–H and O–H groups in total. The Labute approximate surface area is 120 Å². The van der Waals surface area contributed by atoms with Crippen LogP contribution < -0.4 is 4.90 Å². The summed E-state index contributed by atoms with van der Waals surface area (Å²) in [5.41, 5.74) is 2.07. The smallest absolute Gasteiger partial charge is 0.225 e. The molecule has 104 valence electrons. The van der Waals surface area contributed by atoms with E-state index in [1.165, 1.54) is 38.5 Å². The molecule has 3 rings (SSSR count). The number of aryl methyl sites for hydroxylation is 1. The fraction of sp³-hybridized carbons (Fsp3) is 0.733. The van der Waals surface area contributed by atoms with Crippen LogP contribution in [0.15, 0.2) is 6.20 Å². The Bertz CT molecular complexity index is 443. The topological polar surface area (TPSA) is 29.0 Å². The van der Waals surface area contributed by atoms with Crippen molar-refractivity contribution in [1.29, 1.82) is 0 Å². The van der Waals surface area contributed by atoms with Gasteiger partial charge in [-0.1, -0.05) is 12.8 Å². The molecule has 19 heavy (non-hydrogen) atoms. The monoisotopic (exact) mass is 279 g/mol. The van der Waals surface area contributed by atoms with Crippen LogP contribution in [0, 0.1) is 12.8 Å². The van der Waals surface area contributed by atoms with E-state index in [0.717, 1.165) is 29.7 Å². The van der Waals surface area contributed by atoms with Crippen LogP contribution in [0.1, 0.15) is 49.8 Å². The summed E-state index contributed by atoms with van der Waals surface area (Å²) in [5.74, 6) is 2.28. The summed E-state index contributed by atoms with van der Waals surface area (Å²) < 4.78 is 0. The first kappa shape index (κ1) is 13.2. The van der Waals surface area contributed by atoms with Gasteiger partial charge in [0.1, 0.15) is 0 Å². The molecule has 1 aromatic heterocycles. The Morgan fingerprint density at radius 2 is 2.05 bits per heavy atom. The summed E-state index contributed by atoms with van der Waals surface area (Å²) in [5, 5.41) is 0. The summed E-state index contributed by atoms with van der Waals surface area (Å²) in [6.07, 6.45) is 10.1. The molecule has 0 amide bonds. The number of alkyl halides is 1. The largest absolute Gasteiger partial charge is 0.338 e. The van der Waals surface area contributed by atoms with Gasteiger partial charge >= 0.3 is 0 Å². The average Bonchev–Trinajstić information content (AvgIpc) is 3.09. The van der Waals surface area contributed by atoms with E-state index in [1.807, 2.05) is 13.1 Å². The van der Waals surface area contributed by atoms with Gasteiger partial charge in [-0.2, -0.15) is 0 Å². The van der Waals surface area contributed by atoms with E-state index in [0.29, 0.717) is 11.9 Å². The van der Waals surface area contributed by atoms with Gasteiger partial charge in [-0.25, -0.2) is 9.97 Å². The van der Waals surface area contributed by atoms with Crippen molar-refractivity contribution in [3.05, 3.63) is 17.5 Å². The van der Waals surface area contributed by atoms with Gasteiger partial charge in [0.2, 0.25) is 5.95 Å². The number of rotatable bonds is 3. The highest BCUT2D eigenvalue weighted by molar-refractivity contribution is 6.17. The molecule has 1 atom stereocenters. The summed E-state index contributed by atoms with van der Waals surface area (Å²) in [7, 11) is 0. The first-order chi connectivity index (χ1) is 9.29. The van der Waals surface area contributed by atoms with Gasteiger partial charge in [0.15, 0.2) is 0 Å². The molecule has 1 saturated carbocycles. The minimum absolute atomic E-state index is 0.498. The zero-order valence-corrected chi connectivity index (χ0v) is 12.4. The van der Waals surface area contributed by atoms with Crippen LogP contribution in [-0.2, 0) is 5.88 Å². The highest BCUT2D eigenvalue weighted by Gasteiger charge is 2.34. The van der Waals surface area contributed by atoms with Gasteiger partial charge in [0, 0.05) is 30.0 Å². The Morgan fingerprint density at radius 1 is 1.26 bits per heavy atom. The third-order valence-electron chi connectivity index (χ3n) is 4.71. The second-order valence-electron chi connectivity index (χ2n) is 5.86. The summed E-state index contributed by atoms with van der Waals surface area (Å²) in [4.78, 5) is 11.7. The van der Waals surface area contributed by atoms with Crippen LogP contribution in [0.3, 0.4) is 0 Å². The van der Waals surface area contributed by atoms with Crippen LogP contribution in [-0.4, -0.2) is 22.6 Å². The van der Waals surface area contributed by atoms with Gasteiger partial charge < -0.3 is 4.90 Å². The van der Waals surface area contributed by atoms with Crippen molar-refractivity contribution in [2.24, 2.45) is 5.92 Å². The molecule has 2 heterocycles. The molecular weight excluding hydrogens is 258 g/mol. The predicted molar refractivity (Wildman–Crippen MR) is 78.7 cm³/mol. The molecule has 1 aliphatic carbocycles. The van der Waals surface area contributed by atoms with Crippen molar-refractivity contribution < 1.29 is 0 Å². The van der Waals surface area contributed by atoms with E-state index in [-0.39, 0.29) is 0 Å². The molecule has 0 bridgehead atoms. The van der Waals surface area contributed by atoms with Crippen molar-refractivity contribution in [2.45, 2.75) is 57.4 Å². The van der Waals surface area contributed by atoms with E-state index >= 15 is 0 Å². The lowest BCUT2D eigenvalue weighted by Gasteiger charge is -2.29. The van der Waals surface area contributed by atoms with Crippen molar-refractivity contribution in [1.82, 2.24) is 9.97 Å². The summed E-state index contributed by atoms with van der Waals surface area (Å²) in [6, 6.07) is 0.670. The van der Waals surface area contributed by atoms with Gasteiger partial charge in [-0.05, 0) is 38.5 Å². The molecule has 4 heteroatoms. The van der Waals surface area contributed by atoms with E-state index in [4.69, 9.17) is 11.6 Å². The fourth-order valence-electron chi connectivity index (χ4n) is 3.62. The molecule has 1 unspecified atom stereocenters. The first-order valence-electron chi connectivity index (χ1n) is 7.44. The van der Waals surface area contributed by atoms with Crippen LogP contribution >= 0.6 is 11.6 Å². The maximum absolute atomic E-state index is 5.88. The van der Waals surface area contributed by atoms with Gasteiger partial charge in [-0.15, -0.1) is 11.6 Å². The Balaban J connectivity index is 1.81. The molecule has 1 aromatic rings. The number of aromatic nitrogens is 2. The second kappa shape index (κ2) is 5.66. The standard InChI is InChI=1S/C15H22ClN3/c1-11-13(9-16)10-17-15(18-11)19-8-4-7-14(19)12-5-2-3-6-12/h10,12,14H,2-9H2,1H3. The zero-order chi connectivity index (χ0) is 13.2. The van der Waals surface area contributed by atoms with E-state index in [1.54, 1.807) is 0 Å². The Morgan fingerprint density at radius 3 is 2.74 bits per heavy atom. The second-order valence-corrected chi connectivity index (χ2v) is 6.13. The molecule has 0 aromatic carbocycles. The molecule has 1 aliphatic heterocycles. The normalized spacial score (nSPS) is 24.3. The minimum atomic E-state index is 0.498. The number of anilines is 1. The maximum atomic E-state index is 5.88. The molecule has 2 aliphatic rings. The SMILES string of the molecule is Cc1nc(N2CCCC2C2CCCC2)ncc1CCl. The highest BCUT2D eigenvalue weighted by Crippen LogP contribution is 2.36. The van der Waals surface area contributed by atoms with Crippen molar-refractivity contribution >= 4 is 17.5 Å². The van der Waals surface area contributed by atoms with Gasteiger partial charge in [0.25, 0.3) is 0 Å². The molecule has 3 nitrogen and oxygen atoms in total. The Hall–Kier alpha value is -0.830. The number of hydrogen-bond acceptors (Lipinski definition) is 3. The number of hydrogen-bond donors (Lipinski definition) is 0. The first-order valence-corrected chi connectivity index (χ1v) is 7.98. The molecule has 2 fully saturated rings. The van der Waals surface area contributed by atoms with E-state index in [2.05, 4.69) is 14.9 Å². The van der Waals surface area contributed by atoms with E-state index in [9.17, 15) is 0 Å². The number of nitrogens with zero attached hydrogens (tertiary/aromatic N) is 3. The minimum Gasteiger partial charge on any atom is -0.338 e. The molecule has 1 saturated heterocycles. The van der Waals surface area contributed by atoms with Crippen molar-refractivity contribution in [3.8, 4) is 0 Å². The van der Waals surface area contributed by atoms with Crippen LogP contribution in [0.5, 0.6) is 0 Å². The van der Waals surface area contributed by atoms with Crippen LogP contribution in [0.25, 0.3) is 0 Å². The van der Waals surface area contributed by atoms with Gasteiger partial charge in [-0.3, -0.25) is 0 Å².